The van der Waals surface area contributed by atoms with Gasteiger partial charge in [-0.25, -0.2) is 10.8 Å². The first kappa shape index (κ1) is 16.8. The average Bonchev–Trinajstić information content (AvgIpc) is 2.51. The molecular weight excluding hydrogens is 268 g/mol. The molecule has 4 N–H and O–H groups in total. The highest BCUT2D eigenvalue weighted by atomic mass is 16.5. The van der Waals surface area contributed by atoms with E-state index in [9.17, 15) is 4.79 Å². The second kappa shape index (κ2) is 9.61. The lowest BCUT2D eigenvalue weighted by Crippen LogP contribution is -2.27. The van der Waals surface area contributed by atoms with Crippen LogP contribution < -0.4 is 11.6 Å². The zero-order valence-corrected chi connectivity index (χ0v) is 12.3. The predicted molar refractivity (Wildman–Crippen MR) is 80.1 cm³/mol. The van der Waals surface area contributed by atoms with Crippen LogP contribution >= 0.6 is 0 Å². The summed E-state index contributed by atoms with van der Waals surface area (Å²) < 4.78 is 4.58. The first-order valence-electron chi connectivity index (χ1n) is 6.93. The first-order valence-corrected chi connectivity index (χ1v) is 6.93. The van der Waals surface area contributed by atoms with Crippen LogP contribution in [0.2, 0.25) is 0 Å². The van der Waals surface area contributed by atoms with Crippen LogP contribution in [-0.4, -0.2) is 29.6 Å². The highest BCUT2D eigenvalue weighted by molar-refractivity contribution is 5.68. The van der Waals surface area contributed by atoms with Crippen molar-refractivity contribution >= 4 is 11.7 Å². The van der Waals surface area contributed by atoms with Crippen molar-refractivity contribution in [1.82, 2.24) is 9.99 Å². The van der Waals surface area contributed by atoms with Gasteiger partial charge in [-0.1, -0.05) is 12.8 Å². The van der Waals surface area contributed by atoms with Crippen LogP contribution in [0.4, 0.5) is 0 Å². The van der Waals surface area contributed by atoms with Gasteiger partial charge in [0.25, 0.3) is 0 Å². The van der Waals surface area contributed by atoms with Gasteiger partial charge in [0.2, 0.25) is 0 Å². The maximum atomic E-state index is 10.9. The van der Waals surface area contributed by atoms with Crippen LogP contribution in [0, 0.1) is 12.3 Å². The second-order valence-electron chi connectivity index (χ2n) is 4.68. The summed E-state index contributed by atoms with van der Waals surface area (Å²) in [4.78, 5) is 14.8. The summed E-state index contributed by atoms with van der Waals surface area (Å²) in [5, 5.41) is 1.56. The van der Waals surface area contributed by atoms with Crippen molar-refractivity contribution in [3.63, 3.8) is 0 Å². The summed E-state index contributed by atoms with van der Waals surface area (Å²) in [6.45, 7) is 0.703. The van der Waals surface area contributed by atoms with Crippen LogP contribution in [0.25, 0.3) is 5.70 Å². The third kappa shape index (κ3) is 7.18. The quantitative estimate of drug-likeness (QED) is 0.307. The smallest absolute Gasteiger partial charge is 0.305 e. The van der Waals surface area contributed by atoms with Crippen molar-refractivity contribution < 1.29 is 9.53 Å². The van der Waals surface area contributed by atoms with Gasteiger partial charge in [0.05, 0.1) is 12.8 Å². The summed E-state index contributed by atoms with van der Waals surface area (Å²) in [6.07, 6.45) is 10.1. The van der Waals surface area contributed by atoms with Crippen molar-refractivity contribution in [2.75, 3.05) is 13.7 Å². The van der Waals surface area contributed by atoms with E-state index in [1.54, 1.807) is 23.5 Å². The van der Waals surface area contributed by atoms with Crippen molar-refractivity contribution in [3.8, 4) is 0 Å². The predicted octanol–water partition coefficient (Wildman–Crippen LogP) is 1.24. The number of rotatable bonds is 9. The Balaban J connectivity index is 2.19. The molecule has 0 aliphatic rings. The molecule has 0 spiro atoms. The van der Waals surface area contributed by atoms with Gasteiger partial charge in [-0.15, -0.1) is 0 Å². The molecule has 0 aliphatic carbocycles. The molecular formula is C15H22N4O2. The Labute approximate surface area is 125 Å². The van der Waals surface area contributed by atoms with Crippen LogP contribution in [-0.2, 0) is 9.53 Å². The highest BCUT2D eigenvalue weighted by Gasteiger charge is 2.01. The zero-order chi connectivity index (χ0) is 15.5. The van der Waals surface area contributed by atoms with Crippen molar-refractivity contribution in [2.24, 2.45) is 11.6 Å². The van der Waals surface area contributed by atoms with Gasteiger partial charge < -0.3 is 15.5 Å². The molecule has 0 unspecified atom stereocenters. The molecule has 1 rings (SSSR count). The van der Waals surface area contributed by atoms with Gasteiger partial charge in [-0.05, 0) is 18.9 Å². The molecule has 0 bridgehead atoms. The zero-order valence-electron chi connectivity index (χ0n) is 12.3. The van der Waals surface area contributed by atoms with E-state index in [1.165, 1.54) is 7.11 Å². The lowest BCUT2D eigenvalue weighted by molar-refractivity contribution is -0.140. The number of nitrogens with zero attached hydrogens (tertiary/aromatic N) is 2. The summed E-state index contributed by atoms with van der Waals surface area (Å²) in [6, 6.07) is 4.45. The molecule has 0 fully saturated rings. The molecule has 0 aromatic carbocycles. The molecule has 114 valence electrons. The number of hydrazine groups is 1. The van der Waals surface area contributed by atoms with Gasteiger partial charge in [0.15, 0.2) is 0 Å². The number of aromatic nitrogens is 1. The van der Waals surface area contributed by atoms with E-state index in [-0.39, 0.29) is 5.97 Å². The molecule has 1 aromatic heterocycles. The molecule has 0 aliphatic heterocycles. The normalized spacial score (nSPS) is 10.9. The van der Waals surface area contributed by atoms with E-state index in [0.717, 1.165) is 31.2 Å². The molecule has 6 heteroatoms. The minimum Gasteiger partial charge on any atom is -0.469 e. The van der Waals surface area contributed by atoms with E-state index < -0.39 is 0 Å². The van der Waals surface area contributed by atoms with Gasteiger partial charge >= 0.3 is 5.97 Å². The monoisotopic (exact) mass is 290 g/mol. The van der Waals surface area contributed by atoms with E-state index in [4.69, 9.17) is 11.6 Å². The fraction of sp³-hybridized carbons (Fsp3) is 0.467. The molecule has 21 heavy (non-hydrogen) atoms. The molecule has 6 nitrogen and oxygen atoms in total. The van der Waals surface area contributed by atoms with E-state index in [0.29, 0.717) is 18.7 Å². The number of ether oxygens (including phenoxy) is 1. The Hall–Kier alpha value is -2.26. The summed E-state index contributed by atoms with van der Waals surface area (Å²) in [5.74, 6) is 5.70. The number of esters is 1. The fourth-order valence-electron chi connectivity index (χ4n) is 1.78. The Morgan fingerprint density at radius 3 is 2.86 bits per heavy atom. The first-order chi connectivity index (χ1) is 10.1. The lowest BCUT2D eigenvalue weighted by Gasteiger charge is -2.14. The SMILES string of the molecule is COC(=O)CCCCCCN(N)/C=C(\N)c1cc#cnc1. The fourth-order valence-corrected chi connectivity index (χ4v) is 1.78. The van der Waals surface area contributed by atoms with Crippen LogP contribution in [0.1, 0.15) is 37.7 Å². The third-order valence-corrected chi connectivity index (χ3v) is 2.97. The molecule has 0 amide bonds. The standard InChI is InChI=1S/C15H22N4O2/c1-21-15(20)8-4-2-3-5-10-19(17)12-14(16)13-7-6-9-18-11-13/h7,11-12H,2-5,8,10,16-17H2,1H3/b14-12-. The van der Waals surface area contributed by atoms with Crippen LogP contribution in [0.5, 0.6) is 0 Å². The Kier molecular flexibility index (Phi) is 7.69. The molecule has 0 atom stereocenters. The largest absolute Gasteiger partial charge is 0.469 e. The van der Waals surface area contributed by atoms with Crippen molar-refractivity contribution in [3.05, 3.63) is 36.3 Å². The highest BCUT2D eigenvalue weighted by Crippen LogP contribution is 2.07. The lowest BCUT2D eigenvalue weighted by atomic mass is 10.1. The van der Waals surface area contributed by atoms with Crippen molar-refractivity contribution in [2.45, 2.75) is 32.1 Å². The molecule has 0 radical (unpaired) electrons. The molecule has 0 saturated heterocycles. The average molecular weight is 290 g/mol. The number of carbonyl (C=O) groups is 1. The van der Waals surface area contributed by atoms with Gasteiger partial charge in [0, 0.05) is 43.2 Å². The summed E-state index contributed by atoms with van der Waals surface area (Å²) in [7, 11) is 1.41. The molecule has 0 saturated carbocycles. The number of methoxy groups -OCH3 is 1. The van der Waals surface area contributed by atoms with Gasteiger partial charge in [-0.3, -0.25) is 4.79 Å². The summed E-state index contributed by atoms with van der Waals surface area (Å²) in [5.41, 5.74) is 7.22. The van der Waals surface area contributed by atoms with E-state index in [1.807, 2.05) is 0 Å². The minimum atomic E-state index is -0.156. The Bertz CT molecular complexity index is 448. The third-order valence-electron chi connectivity index (χ3n) is 2.97. The minimum absolute atomic E-state index is 0.156. The maximum absolute atomic E-state index is 10.9. The van der Waals surface area contributed by atoms with Gasteiger partial charge in [-0.2, -0.15) is 0 Å². The summed E-state index contributed by atoms with van der Waals surface area (Å²) >= 11 is 0. The van der Waals surface area contributed by atoms with Crippen LogP contribution in [0.3, 0.4) is 0 Å². The van der Waals surface area contributed by atoms with E-state index in [2.05, 4.69) is 22.0 Å². The van der Waals surface area contributed by atoms with E-state index >= 15 is 0 Å². The molecule has 1 aromatic rings. The number of unbranched alkanes of at least 4 members (excludes halogenated alkanes) is 3. The number of nitrogens with two attached hydrogens (primary N) is 2. The Morgan fingerprint density at radius 2 is 2.19 bits per heavy atom. The van der Waals surface area contributed by atoms with Gasteiger partial charge in [0.1, 0.15) is 0 Å². The molecule has 1 heterocycles. The topological polar surface area (TPSA) is 94.5 Å². The Morgan fingerprint density at radius 1 is 1.43 bits per heavy atom. The van der Waals surface area contributed by atoms with Crippen molar-refractivity contribution in [1.29, 1.82) is 0 Å². The number of hydrogen-bond donors (Lipinski definition) is 2. The van der Waals surface area contributed by atoms with Crippen LogP contribution in [0.15, 0.2) is 18.5 Å². The number of carbonyl (C=O) groups excluding carboxylic acids is 1. The maximum Gasteiger partial charge on any atom is 0.305 e. The number of hydrogen-bond acceptors (Lipinski definition) is 6. The second-order valence-corrected chi connectivity index (χ2v) is 4.68.